The van der Waals surface area contributed by atoms with Crippen molar-refractivity contribution < 1.29 is 9.53 Å². The summed E-state index contributed by atoms with van der Waals surface area (Å²) in [4.78, 5) is 11.8. The molecule has 5 heteroatoms. The molecule has 1 aromatic rings. The number of benzene rings is 1. The van der Waals surface area contributed by atoms with E-state index >= 15 is 0 Å². The highest BCUT2D eigenvalue weighted by Gasteiger charge is 2.10. The first-order valence-electron chi connectivity index (χ1n) is 5.34. The highest BCUT2D eigenvalue weighted by Crippen LogP contribution is 2.20. The predicted molar refractivity (Wildman–Crippen MR) is 72.8 cm³/mol. The maximum absolute atomic E-state index is 11.8. The van der Waals surface area contributed by atoms with Crippen LogP contribution in [-0.2, 0) is 4.74 Å². The first-order chi connectivity index (χ1) is 8.16. The van der Waals surface area contributed by atoms with E-state index in [1.807, 2.05) is 19.1 Å². The van der Waals surface area contributed by atoms with E-state index < -0.39 is 0 Å². The molecular weight excluding hydrogens is 305 g/mol. The third kappa shape index (κ3) is 4.66. The van der Waals surface area contributed by atoms with Gasteiger partial charge in [0.2, 0.25) is 0 Å². The molecule has 17 heavy (non-hydrogen) atoms. The molecule has 0 aliphatic heterocycles. The second-order valence-corrected chi connectivity index (χ2v) is 4.66. The van der Waals surface area contributed by atoms with Crippen LogP contribution >= 0.6 is 27.5 Å². The Morgan fingerprint density at radius 1 is 1.47 bits per heavy atom. The fraction of sp³-hybridized carbons (Fsp3) is 0.417. The lowest BCUT2D eigenvalue weighted by Crippen LogP contribution is -2.27. The fourth-order valence-electron chi connectivity index (χ4n) is 1.31. The van der Waals surface area contributed by atoms with E-state index in [1.54, 1.807) is 6.07 Å². The number of aryl methyl sites for hydroxylation is 1. The molecule has 0 aromatic heterocycles. The van der Waals surface area contributed by atoms with Crippen LogP contribution < -0.4 is 5.32 Å². The molecule has 0 unspecified atom stereocenters. The zero-order chi connectivity index (χ0) is 12.7. The molecule has 0 heterocycles. The van der Waals surface area contributed by atoms with Gasteiger partial charge in [-0.15, -0.1) is 11.6 Å². The highest BCUT2D eigenvalue weighted by atomic mass is 79.9. The molecule has 1 rings (SSSR count). The van der Waals surface area contributed by atoms with Gasteiger partial charge in [0, 0.05) is 16.9 Å². The summed E-state index contributed by atoms with van der Waals surface area (Å²) in [7, 11) is 0. The molecule has 0 atom stereocenters. The molecule has 0 spiro atoms. The molecule has 0 aliphatic carbocycles. The molecule has 1 N–H and O–H groups in total. The Balaban J connectivity index is 2.44. The minimum absolute atomic E-state index is 0.102. The molecule has 1 aromatic carbocycles. The minimum atomic E-state index is -0.102. The highest BCUT2D eigenvalue weighted by molar-refractivity contribution is 9.10. The van der Waals surface area contributed by atoms with Crippen LogP contribution in [0.4, 0.5) is 0 Å². The number of hydrogen-bond donors (Lipinski definition) is 1. The van der Waals surface area contributed by atoms with Crippen molar-refractivity contribution in [3.8, 4) is 0 Å². The lowest BCUT2D eigenvalue weighted by atomic mass is 10.1. The number of amides is 1. The summed E-state index contributed by atoms with van der Waals surface area (Å²) in [5, 5.41) is 2.79. The zero-order valence-electron chi connectivity index (χ0n) is 9.63. The second kappa shape index (κ2) is 7.69. The molecule has 0 bridgehead atoms. The normalized spacial score (nSPS) is 10.3. The van der Waals surface area contributed by atoms with E-state index in [-0.39, 0.29) is 5.91 Å². The van der Waals surface area contributed by atoms with Gasteiger partial charge in [0.25, 0.3) is 5.91 Å². The van der Waals surface area contributed by atoms with Crippen molar-refractivity contribution in [1.29, 1.82) is 0 Å². The Labute approximate surface area is 115 Å². The number of carbonyl (C=O) groups is 1. The topological polar surface area (TPSA) is 38.3 Å². The average Bonchev–Trinajstić information content (AvgIpc) is 2.32. The second-order valence-electron chi connectivity index (χ2n) is 3.49. The molecule has 0 fully saturated rings. The molecule has 0 radical (unpaired) electrons. The summed E-state index contributed by atoms with van der Waals surface area (Å²) in [6.07, 6.45) is 0. The van der Waals surface area contributed by atoms with Crippen molar-refractivity contribution in [2.75, 3.05) is 25.6 Å². The number of alkyl halides is 1. The summed E-state index contributed by atoms with van der Waals surface area (Å²) in [6, 6.07) is 5.59. The van der Waals surface area contributed by atoms with Crippen LogP contribution in [0.1, 0.15) is 15.9 Å². The monoisotopic (exact) mass is 319 g/mol. The number of ether oxygens (including phenoxy) is 1. The van der Waals surface area contributed by atoms with Crippen molar-refractivity contribution in [1.82, 2.24) is 5.32 Å². The average molecular weight is 321 g/mol. The van der Waals surface area contributed by atoms with E-state index in [0.717, 1.165) is 10.0 Å². The van der Waals surface area contributed by atoms with Crippen LogP contribution in [0.3, 0.4) is 0 Å². The van der Waals surface area contributed by atoms with Gasteiger partial charge in [-0.05, 0) is 34.5 Å². The van der Waals surface area contributed by atoms with Crippen LogP contribution in [0.25, 0.3) is 0 Å². The number of rotatable bonds is 6. The summed E-state index contributed by atoms with van der Waals surface area (Å²) in [5.74, 6) is 0.368. The van der Waals surface area contributed by atoms with Gasteiger partial charge in [0.15, 0.2) is 0 Å². The summed E-state index contributed by atoms with van der Waals surface area (Å²) < 4.78 is 6.00. The molecule has 0 saturated carbocycles. The third-order valence-corrected chi connectivity index (χ3v) is 3.40. The Morgan fingerprint density at radius 3 is 2.94 bits per heavy atom. The molecule has 0 saturated heterocycles. The lowest BCUT2D eigenvalue weighted by molar-refractivity contribution is 0.0922. The molecule has 0 aliphatic rings. The van der Waals surface area contributed by atoms with Crippen molar-refractivity contribution >= 4 is 33.4 Å². The predicted octanol–water partition coefficient (Wildman–Crippen LogP) is 2.74. The summed E-state index contributed by atoms with van der Waals surface area (Å²) >= 11 is 8.86. The van der Waals surface area contributed by atoms with E-state index in [4.69, 9.17) is 16.3 Å². The van der Waals surface area contributed by atoms with Crippen LogP contribution in [0.5, 0.6) is 0 Å². The van der Waals surface area contributed by atoms with Crippen LogP contribution in [0.15, 0.2) is 22.7 Å². The Morgan fingerprint density at radius 2 is 2.24 bits per heavy atom. The summed E-state index contributed by atoms with van der Waals surface area (Å²) in [5.41, 5.74) is 1.68. The van der Waals surface area contributed by atoms with Gasteiger partial charge in [-0.25, -0.2) is 0 Å². The molecule has 94 valence electrons. The number of nitrogens with one attached hydrogen (secondary N) is 1. The largest absolute Gasteiger partial charge is 0.378 e. The fourth-order valence-corrected chi connectivity index (χ4v) is 1.86. The van der Waals surface area contributed by atoms with Crippen molar-refractivity contribution in [2.45, 2.75) is 6.92 Å². The lowest BCUT2D eigenvalue weighted by Gasteiger charge is -2.08. The number of hydrogen-bond acceptors (Lipinski definition) is 2. The SMILES string of the molecule is Cc1cccc(C(=O)NCCOCCCl)c1Br. The van der Waals surface area contributed by atoms with E-state index in [0.29, 0.717) is 31.2 Å². The zero-order valence-corrected chi connectivity index (χ0v) is 12.0. The quantitative estimate of drug-likeness (QED) is 0.646. The van der Waals surface area contributed by atoms with Gasteiger partial charge in [0.1, 0.15) is 0 Å². The Bertz CT molecular complexity index is 385. The third-order valence-electron chi connectivity index (χ3n) is 2.19. The van der Waals surface area contributed by atoms with Gasteiger partial charge in [-0.2, -0.15) is 0 Å². The molecular formula is C12H15BrClNO2. The van der Waals surface area contributed by atoms with E-state index in [2.05, 4.69) is 21.2 Å². The van der Waals surface area contributed by atoms with Crippen molar-refractivity contribution in [3.05, 3.63) is 33.8 Å². The van der Waals surface area contributed by atoms with E-state index in [1.165, 1.54) is 0 Å². The van der Waals surface area contributed by atoms with Gasteiger partial charge in [0.05, 0.1) is 18.8 Å². The van der Waals surface area contributed by atoms with Gasteiger partial charge in [-0.3, -0.25) is 4.79 Å². The van der Waals surface area contributed by atoms with Gasteiger partial charge < -0.3 is 10.1 Å². The van der Waals surface area contributed by atoms with Crippen molar-refractivity contribution in [3.63, 3.8) is 0 Å². The van der Waals surface area contributed by atoms with Crippen LogP contribution in [0.2, 0.25) is 0 Å². The maximum atomic E-state index is 11.8. The van der Waals surface area contributed by atoms with Crippen LogP contribution in [0, 0.1) is 6.92 Å². The number of halogens is 2. The van der Waals surface area contributed by atoms with Crippen molar-refractivity contribution in [2.24, 2.45) is 0 Å². The smallest absolute Gasteiger partial charge is 0.252 e. The van der Waals surface area contributed by atoms with Gasteiger partial charge in [-0.1, -0.05) is 12.1 Å². The molecule has 1 amide bonds. The first kappa shape index (κ1) is 14.5. The summed E-state index contributed by atoms with van der Waals surface area (Å²) in [6.45, 7) is 3.41. The standard InChI is InChI=1S/C12H15BrClNO2/c1-9-3-2-4-10(11(9)13)12(16)15-6-8-17-7-5-14/h2-4H,5-8H2,1H3,(H,15,16). The number of carbonyl (C=O) groups excluding carboxylic acids is 1. The maximum Gasteiger partial charge on any atom is 0.252 e. The molecule has 3 nitrogen and oxygen atoms in total. The minimum Gasteiger partial charge on any atom is -0.378 e. The Hall–Kier alpha value is -0.580. The van der Waals surface area contributed by atoms with E-state index in [9.17, 15) is 4.79 Å². The first-order valence-corrected chi connectivity index (χ1v) is 6.66. The van der Waals surface area contributed by atoms with Crippen LogP contribution in [-0.4, -0.2) is 31.5 Å². The Kier molecular flexibility index (Phi) is 6.55. The van der Waals surface area contributed by atoms with Gasteiger partial charge >= 0.3 is 0 Å².